The quantitative estimate of drug-likeness (QED) is 0.602. The summed E-state index contributed by atoms with van der Waals surface area (Å²) in [7, 11) is -2.16. The average Bonchev–Trinajstić information content (AvgIpc) is 2.31. The lowest BCUT2D eigenvalue weighted by molar-refractivity contribution is 0.513. The van der Waals surface area contributed by atoms with E-state index in [9.17, 15) is 4.57 Å². The fraction of sp³-hybridized carbons (Fsp3) is 0.0769. The molecule has 0 radical (unpaired) electrons. The topological polar surface area (TPSA) is 63.3 Å². The Labute approximate surface area is 102 Å². The molecule has 0 aliphatic carbocycles. The highest BCUT2D eigenvalue weighted by Gasteiger charge is 2.13. The van der Waals surface area contributed by atoms with Crippen LogP contribution in [-0.2, 0) is 4.57 Å². The van der Waals surface area contributed by atoms with E-state index in [-0.39, 0.29) is 0 Å². The van der Waals surface area contributed by atoms with Crippen LogP contribution >= 0.6 is 8.03 Å². The van der Waals surface area contributed by atoms with E-state index in [2.05, 4.69) is 0 Å². The Morgan fingerprint density at radius 3 is 1.88 bits per heavy atom. The molecule has 0 aliphatic rings. The molecule has 1 unspecified atom stereocenters. The number of nitrogens with two attached hydrogens (primary N) is 1. The molecule has 0 aliphatic heterocycles. The number of hydrogen-bond donors (Lipinski definition) is 2. The summed E-state index contributed by atoms with van der Waals surface area (Å²) in [6, 6.07) is 16.4. The van der Waals surface area contributed by atoms with Gasteiger partial charge in [-0.25, -0.2) is 0 Å². The lowest BCUT2D eigenvalue weighted by Gasteiger charge is -1.85. The molecule has 0 spiro atoms. The minimum Gasteiger partial charge on any atom is -0.399 e. The number of hydrogen-bond acceptors (Lipinski definition) is 2. The molecule has 0 aromatic heterocycles. The van der Waals surface area contributed by atoms with Gasteiger partial charge in [0.15, 0.2) is 0 Å². The fourth-order valence-corrected chi connectivity index (χ4v) is 1.53. The zero-order valence-corrected chi connectivity index (χ0v) is 10.5. The lowest BCUT2D eigenvalue weighted by atomic mass is 10.2. The van der Waals surface area contributed by atoms with Gasteiger partial charge in [0.1, 0.15) is 0 Å². The van der Waals surface area contributed by atoms with Crippen molar-refractivity contribution in [1.82, 2.24) is 0 Å². The van der Waals surface area contributed by atoms with Crippen LogP contribution in [0.1, 0.15) is 5.56 Å². The minimum absolute atomic E-state index is 0.487. The molecule has 3 nitrogen and oxygen atoms in total. The molecule has 88 valence electrons. The molecule has 2 aromatic carbocycles. The van der Waals surface area contributed by atoms with Crippen molar-refractivity contribution in [2.24, 2.45) is 0 Å². The van der Waals surface area contributed by atoms with Crippen LogP contribution in [0.15, 0.2) is 54.6 Å². The van der Waals surface area contributed by atoms with Crippen molar-refractivity contribution in [2.45, 2.75) is 6.92 Å². The van der Waals surface area contributed by atoms with Crippen LogP contribution in [0.25, 0.3) is 0 Å². The summed E-state index contributed by atoms with van der Waals surface area (Å²) in [5, 5.41) is 0.487. The van der Waals surface area contributed by atoms with E-state index >= 15 is 0 Å². The Balaban J connectivity index is 0.000000181. The van der Waals surface area contributed by atoms with Crippen LogP contribution < -0.4 is 11.0 Å². The number of para-hydroxylation sites is 1. The van der Waals surface area contributed by atoms with Gasteiger partial charge < -0.3 is 5.73 Å². The summed E-state index contributed by atoms with van der Waals surface area (Å²) < 4.78 is 10.5. The maximum atomic E-state index is 10.5. The largest absolute Gasteiger partial charge is 0.546 e. The van der Waals surface area contributed by atoms with Gasteiger partial charge in [-0.05, 0) is 35.8 Å². The molecule has 0 bridgehead atoms. The van der Waals surface area contributed by atoms with Gasteiger partial charge in [-0.15, -0.1) is 0 Å². The number of aryl methyl sites for hydroxylation is 1. The monoisotopic (exact) mass is 248 g/mol. The van der Waals surface area contributed by atoms with E-state index < -0.39 is 8.03 Å². The average molecular weight is 248 g/mol. The highest BCUT2D eigenvalue weighted by molar-refractivity contribution is 7.47. The number of benzene rings is 2. The van der Waals surface area contributed by atoms with E-state index in [1.54, 1.807) is 12.1 Å². The van der Waals surface area contributed by atoms with E-state index in [4.69, 9.17) is 10.6 Å². The van der Waals surface area contributed by atoms with Gasteiger partial charge in [-0.2, -0.15) is 4.89 Å². The van der Waals surface area contributed by atoms with E-state index in [1.807, 2.05) is 49.4 Å². The summed E-state index contributed by atoms with van der Waals surface area (Å²) in [6.45, 7) is 1.94. The van der Waals surface area contributed by atoms with E-state index in [1.165, 1.54) is 0 Å². The second-order valence-electron chi connectivity index (χ2n) is 3.52. The van der Waals surface area contributed by atoms with Crippen molar-refractivity contribution in [1.29, 1.82) is 0 Å². The van der Waals surface area contributed by atoms with Crippen LogP contribution in [-0.4, -0.2) is 4.89 Å². The highest BCUT2D eigenvalue weighted by Crippen LogP contribution is 2.12. The first-order valence-corrected chi connectivity index (χ1v) is 6.34. The SMILES string of the molecule is Cc1ccc([P+](=O)O)cc1.Nc1ccccc1. The van der Waals surface area contributed by atoms with Crippen molar-refractivity contribution in [3.8, 4) is 0 Å². The Morgan fingerprint density at radius 1 is 1.00 bits per heavy atom. The van der Waals surface area contributed by atoms with Gasteiger partial charge in [0.05, 0.1) is 0 Å². The maximum Gasteiger partial charge on any atom is 0.546 e. The summed E-state index contributed by atoms with van der Waals surface area (Å²) in [4.78, 5) is 8.62. The first kappa shape index (κ1) is 13.4. The number of nitrogen functional groups attached to an aromatic ring is 1. The Morgan fingerprint density at radius 2 is 1.53 bits per heavy atom. The summed E-state index contributed by atoms with van der Waals surface area (Å²) in [5.41, 5.74) is 7.28. The molecule has 4 heteroatoms. The summed E-state index contributed by atoms with van der Waals surface area (Å²) >= 11 is 0. The van der Waals surface area contributed by atoms with Crippen molar-refractivity contribution in [3.05, 3.63) is 60.2 Å². The molecule has 0 amide bonds. The zero-order chi connectivity index (χ0) is 12.7. The molecule has 2 rings (SSSR count). The van der Waals surface area contributed by atoms with Crippen molar-refractivity contribution < 1.29 is 9.46 Å². The molecular formula is C13H15NO2P+. The zero-order valence-electron chi connectivity index (χ0n) is 9.58. The molecule has 3 N–H and O–H groups in total. The summed E-state index contributed by atoms with van der Waals surface area (Å²) in [5.74, 6) is 0. The Kier molecular flexibility index (Phi) is 5.34. The van der Waals surface area contributed by atoms with Gasteiger partial charge in [0.25, 0.3) is 0 Å². The van der Waals surface area contributed by atoms with Crippen LogP contribution in [0.5, 0.6) is 0 Å². The van der Waals surface area contributed by atoms with Crippen LogP contribution in [0.2, 0.25) is 0 Å². The Hall–Kier alpha value is -1.70. The maximum absolute atomic E-state index is 10.5. The number of rotatable bonds is 1. The highest BCUT2D eigenvalue weighted by atomic mass is 31.1. The van der Waals surface area contributed by atoms with Crippen LogP contribution in [0.4, 0.5) is 5.69 Å². The smallest absolute Gasteiger partial charge is 0.399 e. The lowest BCUT2D eigenvalue weighted by Crippen LogP contribution is -1.93. The third-order valence-electron chi connectivity index (χ3n) is 2.05. The predicted octanol–water partition coefficient (Wildman–Crippen LogP) is 2.62. The standard InChI is InChI=1S/C7H7O2P.C6H7N/c1-6-2-4-7(5-3-6)10(8)9;7-6-4-2-1-3-5-6/h2-5H,1H3;1-5H,7H2/p+1. The van der Waals surface area contributed by atoms with Gasteiger partial charge in [-0.3, -0.25) is 0 Å². The minimum atomic E-state index is -2.16. The predicted molar refractivity (Wildman–Crippen MR) is 71.5 cm³/mol. The molecule has 0 heterocycles. The molecule has 0 saturated carbocycles. The van der Waals surface area contributed by atoms with Gasteiger partial charge in [0.2, 0.25) is 5.30 Å². The molecule has 1 atom stereocenters. The van der Waals surface area contributed by atoms with Crippen molar-refractivity contribution in [3.63, 3.8) is 0 Å². The second-order valence-corrected chi connectivity index (χ2v) is 4.58. The van der Waals surface area contributed by atoms with Crippen LogP contribution in [0, 0.1) is 6.92 Å². The van der Waals surface area contributed by atoms with E-state index in [0.29, 0.717) is 5.30 Å². The first-order chi connectivity index (χ1) is 8.09. The first-order valence-electron chi connectivity index (χ1n) is 5.13. The van der Waals surface area contributed by atoms with Crippen molar-refractivity contribution >= 4 is 19.0 Å². The molecule has 0 saturated heterocycles. The number of anilines is 1. The molecular weight excluding hydrogens is 233 g/mol. The second kappa shape index (κ2) is 6.79. The molecule has 17 heavy (non-hydrogen) atoms. The third kappa shape index (κ3) is 5.25. The van der Waals surface area contributed by atoms with Crippen LogP contribution in [0.3, 0.4) is 0 Å². The van der Waals surface area contributed by atoms with Gasteiger partial charge in [-0.1, -0.05) is 35.9 Å². The van der Waals surface area contributed by atoms with E-state index in [0.717, 1.165) is 11.3 Å². The fourth-order valence-electron chi connectivity index (χ4n) is 1.13. The van der Waals surface area contributed by atoms with Gasteiger partial charge in [0, 0.05) is 5.69 Å². The molecule has 2 aromatic rings. The normalized spacial score (nSPS) is 10.1. The summed E-state index contributed by atoms with van der Waals surface area (Å²) in [6.07, 6.45) is 0. The van der Waals surface area contributed by atoms with Crippen molar-refractivity contribution in [2.75, 3.05) is 5.73 Å². The molecule has 0 fully saturated rings. The third-order valence-corrected chi connectivity index (χ3v) is 2.79. The Bertz CT molecular complexity index is 469. The van der Waals surface area contributed by atoms with Gasteiger partial charge >= 0.3 is 8.03 Å².